The molecule has 0 aromatic heterocycles. The Morgan fingerprint density at radius 2 is 2.37 bits per heavy atom. The number of nitrogens with one attached hydrogen (secondary N) is 2. The van der Waals surface area contributed by atoms with Crippen LogP contribution in [0.5, 0.6) is 0 Å². The van der Waals surface area contributed by atoms with Crippen LogP contribution in [0.4, 0.5) is 5.69 Å². The third-order valence-corrected chi connectivity index (χ3v) is 3.67. The zero-order valence-electron chi connectivity index (χ0n) is 10.7. The molecule has 19 heavy (non-hydrogen) atoms. The molecule has 1 heterocycles. The lowest BCUT2D eigenvalue weighted by atomic mass is 9.94. The van der Waals surface area contributed by atoms with E-state index in [1.165, 1.54) is 0 Å². The third-order valence-electron chi connectivity index (χ3n) is 3.34. The number of hydrogen-bond acceptors (Lipinski definition) is 3. The van der Waals surface area contributed by atoms with Gasteiger partial charge in [-0.3, -0.25) is 4.79 Å². The number of hydrogen-bond donors (Lipinski definition) is 2. The highest BCUT2D eigenvalue weighted by Crippen LogP contribution is 2.24. The number of nitriles is 1. The van der Waals surface area contributed by atoms with E-state index in [4.69, 9.17) is 16.9 Å². The van der Waals surface area contributed by atoms with Gasteiger partial charge in [0.2, 0.25) is 5.91 Å². The van der Waals surface area contributed by atoms with Gasteiger partial charge in [0.1, 0.15) is 0 Å². The number of piperidine rings is 1. The molecule has 1 fully saturated rings. The Kier molecular flexibility index (Phi) is 4.41. The summed E-state index contributed by atoms with van der Waals surface area (Å²) in [5, 5.41) is 15.3. The van der Waals surface area contributed by atoms with E-state index in [9.17, 15) is 4.79 Å². The van der Waals surface area contributed by atoms with E-state index in [0.29, 0.717) is 22.2 Å². The molecule has 1 aromatic rings. The zero-order valence-corrected chi connectivity index (χ0v) is 11.5. The first-order valence-corrected chi connectivity index (χ1v) is 6.72. The Hall–Kier alpha value is -1.57. The van der Waals surface area contributed by atoms with Crippen molar-refractivity contribution in [3.05, 3.63) is 28.8 Å². The number of carbonyl (C=O) groups excluding carboxylic acids is 1. The number of halogens is 1. The monoisotopic (exact) mass is 277 g/mol. The molecule has 0 spiro atoms. The predicted molar refractivity (Wildman–Crippen MR) is 75.0 cm³/mol. The third kappa shape index (κ3) is 3.46. The standard InChI is InChI=1S/C14H16ClN3O/c1-9-4-5-17-13(6-9)14(19)18-12-7-10(8-16)2-3-11(12)15/h2-3,7,9,13,17H,4-6H2,1H3,(H,18,19). The summed E-state index contributed by atoms with van der Waals surface area (Å²) >= 11 is 6.02. The van der Waals surface area contributed by atoms with E-state index >= 15 is 0 Å². The molecule has 1 aliphatic heterocycles. The molecule has 4 nitrogen and oxygen atoms in total. The van der Waals surface area contributed by atoms with Crippen molar-refractivity contribution in [2.45, 2.75) is 25.8 Å². The molecule has 2 unspecified atom stereocenters. The number of rotatable bonds is 2. The van der Waals surface area contributed by atoms with Crippen LogP contribution in [0.3, 0.4) is 0 Å². The first-order chi connectivity index (χ1) is 9.10. The second-order valence-electron chi connectivity index (χ2n) is 4.93. The van der Waals surface area contributed by atoms with Crippen molar-refractivity contribution in [1.82, 2.24) is 5.32 Å². The van der Waals surface area contributed by atoms with E-state index in [0.717, 1.165) is 19.4 Å². The van der Waals surface area contributed by atoms with Crippen molar-refractivity contribution in [2.24, 2.45) is 5.92 Å². The summed E-state index contributed by atoms with van der Waals surface area (Å²) in [6.07, 6.45) is 1.91. The van der Waals surface area contributed by atoms with Crippen molar-refractivity contribution >= 4 is 23.2 Å². The van der Waals surface area contributed by atoms with E-state index in [1.807, 2.05) is 6.07 Å². The molecule has 1 aromatic carbocycles. The van der Waals surface area contributed by atoms with Gasteiger partial charge in [0.15, 0.2) is 0 Å². The summed E-state index contributed by atoms with van der Waals surface area (Å²) in [6.45, 7) is 3.00. The van der Waals surface area contributed by atoms with E-state index < -0.39 is 0 Å². The van der Waals surface area contributed by atoms with Crippen LogP contribution in [-0.2, 0) is 4.79 Å². The normalized spacial score (nSPS) is 22.6. The second kappa shape index (κ2) is 6.05. The smallest absolute Gasteiger partial charge is 0.241 e. The number of carbonyl (C=O) groups is 1. The summed E-state index contributed by atoms with van der Waals surface area (Å²) in [7, 11) is 0. The van der Waals surface area contributed by atoms with Gasteiger partial charge >= 0.3 is 0 Å². The molecular weight excluding hydrogens is 262 g/mol. The van der Waals surface area contributed by atoms with Gasteiger partial charge in [0, 0.05) is 0 Å². The van der Waals surface area contributed by atoms with Gasteiger partial charge in [-0.1, -0.05) is 18.5 Å². The highest BCUT2D eigenvalue weighted by molar-refractivity contribution is 6.33. The van der Waals surface area contributed by atoms with Gasteiger partial charge in [-0.05, 0) is 43.5 Å². The fourth-order valence-corrected chi connectivity index (χ4v) is 2.38. The quantitative estimate of drug-likeness (QED) is 0.873. The van der Waals surface area contributed by atoms with E-state index in [-0.39, 0.29) is 11.9 Å². The maximum Gasteiger partial charge on any atom is 0.241 e. The number of amides is 1. The Labute approximate surface area is 117 Å². The average molecular weight is 278 g/mol. The van der Waals surface area contributed by atoms with Crippen LogP contribution < -0.4 is 10.6 Å². The van der Waals surface area contributed by atoms with Crippen molar-refractivity contribution in [3.63, 3.8) is 0 Å². The summed E-state index contributed by atoms with van der Waals surface area (Å²) in [6, 6.07) is 6.67. The molecule has 5 heteroatoms. The van der Waals surface area contributed by atoms with Gasteiger partial charge in [0.25, 0.3) is 0 Å². The molecule has 0 bridgehead atoms. The number of nitrogens with zero attached hydrogens (tertiary/aromatic N) is 1. The van der Waals surface area contributed by atoms with Gasteiger partial charge in [-0.15, -0.1) is 0 Å². The van der Waals surface area contributed by atoms with Crippen molar-refractivity contribution in [1.29, 1.82) is 5.26 Å². The fraction of sp³-hybridized carbons (Fsp3) is 0.429. The molecule has 1 saturated heterocycles. The molecule has 0 aliphatic carbocycles. The Bertz CT molecular complexity index is 524. The SMILES string of the molecule is CC1CCNC(C(=O)Nc2cc(C#N)ccc2Cl)C1. The first kappa shape index (κ1) is 13.9. The topological polar surface area (TPSA) is 64.9 Å². The Morgan fingerprint density at radius 3 is 3.05 bits per heavy atom. The van der Waals surface area contributed by atoms with Crippen LogP contribution >= 0.6 is 11.6 Å². The molecular formula is C14H16ClN3O. The largest absolute Gasteiger partial charge is 0.323 e. The van der Waals surface area contributed by atoms with Crippen molar-refractivity contribution < 1.29 is 4.79 Å². The summed E-state index contributed by atoms with van der Waals surface area (Å²) in [5.74, 6) is 0.446. The van der Waals surface area contributed by atoms with Crippen LogP contribution in [-0.4, -0.2) is 18.5 Å². The highest BCUT2D eigenvalue weighted by atomic mass is 35.5. The van der Waals surface area contributed by atoms with Gasteiger partial charge in [-0.25, -0.2) is 0 Å². The Morgan fingerprint density at radius 1 is 1.58 bits per heavy atom. The summed E-state index contributed by atoms with van der Waals surface area (Å²) in [4.78, 5) is 12.1. The molecule has 2 N–H and O–H groups in total. The second-order valence-corrected chi connectivity index (χ2v) is 5.34. The Balaban J connectivity index is 2.08. The first-order valence-electron chi connectivity index (χ1n) is 6.34. The highest BCUT2D eigenvalue weighted by Gasteiger charge is 2.24. The molecule has 100 valence electrons. The number of benzene rings is 1. The van der Waals surface area contributed by atoms with Crippen molar-refractivity contribution in [2.75, 3.05) is 11.9 Å². The molecule has 0 radical (unpaired) electrons. The lowest BCUT2D eigenvalue weighted by Crippen LogP contribution is -2.45. The minimum absolute atomic E-state index is 0.0939. The van der Waals surface area contributed by atoms with Gasteiger partial charge < -0.3 is 10.6 Å². The van der Waals surface area contributed by atoms with Gasteiger partial charge in [0.05, 0.1) is 28.4 Å². The molecule has 1 amide bonds. The van der Waals surface area contributed by atoms with Crippen LogP contribution in [0.25, 0.3) is 0 Å². The van der Waals surface area contributed by atoms with Crippen LogP contribution in [0.1, 0.15) is 25.3 Å². The maximum atomic E-state index is 12.1. The lowest BCUT2D eigenvalue weighted by molar-refractivity contribution is -0.119. The van der Waals surface area contributed by atoms with E-state index in [1.54, 1.807) is 18.2 Å². The molecule has 1 aliphatic rings. The average Bonchev–Trinajstić information content (AvgIpc) is 2.41. The predicted octanol–water partition coefficient (Wildman–Crippen LogP) is 2.54. The summed E-state index contributed by atoms with van der Waals surface area (Å²) in [5.41, 5.74) is 0.968. The maximum absolute atomic E-state index is 12.1. The number of anilines is 1. The van der Waals surface area contributed by atoms with Gasteiger partial charge in [-0.2, -0.15) is 5.26 Å². The zero-order chi connectivity index (χ0) is 13.8. The lowest BCUT2D eigenvalue weighted by Gasteiger charge is -2.27. The fourth-order valence-electron chi connectivity index (χ4n) is 2.22. The minimum atomic E-state index is -0.189. The van der Waals surface area contributed by atoms with Crippen LogP contribution in [0, 0.1) is 17.2 Å². The molecule has 0 saturated carbocycles. The van der Waals surface area contributed by atoms with E-state index in [2.05, 4.69) is 17.6 Å². The molecule has 2 atom stereocenters. The van der Waals surface area contributed by atoms with Crippen LogP contribution in [0.2, 0.25) is 5.02 Å². The summed E-state index contributed by atoms with van der Waals surface area (Å²) < 4.78 is 0. The van der Waals surface area contributed by atoms with Crippen LogP contribution in [0.15, 0.2) is 18.2 Å². The molecule has 2 rings (SSSR count). The minimum Gasteiger partial charge on any atom is -0.323 e. The van der Waals surface area contributed by atoms with Crippen molar-refractivity contribution in [3.8, 4) is 6.07 Å².